The highest BCUT2D eigenvalue weighted by Crippen LogP contribution is 2.20. The van der Waals surface area contributed by atoms with E-state index in [1.807, 2.05) is 38.1 Å². The van der Waals surface area contributed by atoms with Gasteiger partial charge in [-0.15, -0.1) is 0 Å². The van der Waals surface area contributed by atoms with Gasteiger partial charge in [-0.3, -0.25) is 4.79 Å². The molecule has 0 spiro atoms. The van der Waals surface area contributed by atoms with Gasteiger partial charge < -0.3 is 15.2 Å². The van der Waals surface area contributed by atoms with Crippen molar-refractivity contribution < 1.29 is 14.6 Å². The number of anilines is 1. The number of hydrogen-bond donors (Lipinski definition) is 2. The summed E-state index contributed by atoms with van der Waals surface area (Å²) < 4.78 is 5.72. The number of nitrogens with one attached hydrogen (secondary N) is 1. The van der Waals surface area contributed by atoms with E-state index in [1.54, 1.807) is 24.3 Å². The maximum Gasteiger partial charge on any atom is 0.228 e. The van der Waals surface area contributed by atoms with Crippen LogP contribution in [0.3, 0.4) is 0 Å². The molecule has 116 valence electrons. The predicted molar refractivity (Wildman–Crippen MR) is 86.9 cm³/mol. The fourth-order valence-electron chi connectivity index (χ4n) is 2.14. The Morgan fingerprint density at radius 2 is 1.95 bits per heavy atom. The minimum Gasteiger partial charge on any atom is -0.491 e. The van der Waals surface area contributed by atoms with Crippen LogP contribution < -0.4 is 10.1 Å². The zero-order valence-corrected chi connectivity index (χ0v) is 12.9. The second kappa shape index (κ2) is 7.61. The van der Waals surface area contributed by atoms with Crippen molar-refractivity contribution >= 4 is 11.6 Å². The number of hydrogen-bond acceptors (Lipinski definition) is 3. The highest BCUT2D eigenvalue weighted by Gasteiger charge is 2.10. The van der Waals surface area contributed by atoms with E-state index in [-0.39, 0.29) is 25.0 Å². The molecule has 0 atom stereocenters. The summed E-state index contributed by atoms with van der Waals surface area (Å²) in [6.45, 7) is 3.86. The average molecular weight is 299 g/mol. The number of amides is 1. The Kier molecular flexibility index (Phi) is 5.55. The largest absolute Gasteiger partial charge is 0.491 e. The molecule has 0 fully saturated rings. The van der Waals surface area contributed by atoms with Crippen molar-refractivity contribution in [1.82, 2.24) is 0 Å². The first-order valence-corrected chi connectivity index (χ1v) is 7.32. The van der Waals surface area contributed by atoms with Gasteiger partial charge >= 0.3 is 0 Å². The van der Waals surface area contributed by atoms with Crippen molar-refractivity contribution in [3.63, 3.8) is 0 Å². The van der Waals surface area contributed by atoms with Gasteiger partial charge in [-0.2, -0.15) is 0 Å². The van der Waals surface area contributed by atoms with Gasteiger partial charge in [0.25, 0.3) is 0 Å². The number of ether oxygens (including phenoxy) is 1. The number of carbonyl (C=O) groups is 1. The topological polar surface area (TPSA) is 58.6 Å². The summed E-state index contributed by atoms with van der Waals surface area (Å²) in [5.74, 6) is 0.617. The number of benzene rings is 2. The molecule has 1 amide bonds. The Morgan fingerprint density at radius 1 is 1.18 bits per heavy atom. The molecule has 2 aromatic carbocycles. The van der Waals surface area contributed by atoms with E-state index in [1.165, 1.54) is 0 Å². The summed E-state index contributed by atoms with van der Waals surface area (Å²) >= 11 is 0. The highest BCUT2D eigenvalue weighted by molar-refractivity contribution is 5.92. The van der Waals surface area contributed by atoms with Crippen molar-refractivity contribution in [2.45, 2.75) is 33.0 Å². The number of para-hydroxylation sites is 1. The Hall–Kier alpha value is -2.33. The molecule has 2 rings (SSSR count). The summed E-state index contributed by atoms with van der Waals surface area (Å²) in [5, 5.41) is 12.0. The third-order valence-corrected chi connectivity index (χ3v) is 3.08. The van der Waals surface area contributed by atoms with Crippen LogP contribution in [0.4, 0.5) is 5.69 Å². The van der Waals surface area contributed by atoms with Crippen LogP contribution in [0.2, 0.25) is 0 Å². The fraction of sp³-hybridized carbons (Fsp3) is 0.278. The molecule has 0 saturated carbocycles. The van der Waals surface area contributed by atoms with Gasteiger partial charge in [0.15, 0.2) is 0 Å². The lowest BCUT2D eigenvalue weighted by Crippen LogP contribution is -2.16. The van der Waals surface area contributed by atoms with Crippen LogP contribution in [-0.4, -0.2) is 17.1 Å². The average Bonchev–Trinajstić information content (AvgIpc) is 2.49. The Bertz CT molecular complexity index is 638. The lowest BCUT2D eigenvalue weighted by Gasteiger charge is -2.14. The number of aliphatic hydroxyl groups excluding tert-OH is 1. The molecule has 22 heavy (non-hydrogen) atoms. The van der Waals surface area contributed by atoms with Gasteiger partial charge in [0, 0.05) is 11.3 Å². The third-order valence-electron chi connectivity index (χ3n) is 3.08. The molecule has 0 unspecified atom stereocenters. The zero-order chi connectivity index (χ0) is 15.9. The molecule has 0 saturated heterocycles. The molecular formula is C18H21NO3. The van der Waals surface area contributed by atoms with E-state index >= 15 is 0 Å². The molecule has 0 aliphatic carbocycles. The highest BCUT2D eigenvalue weighted by atomic mass is 16.5. The summed E-state index contributed by atoms with van der Waals surface area (Å²) in [4.78, 5) is 12.2. The molecule has 0 heterocycles. The van der Waals surface area contributed by atoms with Crippen LogP contribution in [0.5, 0.6) is 5.75 Å². The Labute approximate surface area is 130 Å². The van der Waals surface area contributed by atoms with Crippen LogP contribution in [0.25, 0.3) is 0 Å². The molecule has 2 aromatic rings. The van der Waals surface area contributed by atoms with Crippen molar-refractivity contribution in [2.75, 3.05) is 5.32 Å². The van der Waals surface area contributed by atoms with Gasteiger partial charge in [-0.1, -0.05) is 30.3 Å². The first-order chi connectivity index (χ1) is 10.6. The Balaban J connectivity index is 2.05. The lowest BCUT2D eigenvalue weighted by atomic mass is 10.1. The smallest absolute Gasteiger partial charge is 0.228 e. The van der Waals surface area contributed by atoms with Crippen molar-refractivity contribution in [2.24, 2.45) is 0 Å². The molecule has 0 radical (unpaired) electrons. The monoisotopic (exact) mass is 299 g/mol. The van der Waals surface area contributed by atoms with E-state index in [2.05, 4.69) is 5.32 Å². The van der Waals surface area contributed by atoms with Crippen molar-refractivity contribution in [3.05, 3.63) is 59.7 Å². The molecule has 2 N–H and O–H groups in total. The maximum absolute atomic E-state index is 12.2. The van der Waals surface area contributed by atoms with Gasteiger partial charge in [-0.05, 0) is 37.6 Å². The lowest BCUT2D eigenvalue weighted by molar-refractivity contribution is -0.115. The fourth-order valence-corrected chi connectivity index (χ4v) is 2.14. The normalized spacial score (nSPS) is 10.5. The van der Waals surface area contributed by atoms with Gasteiger partial charge in [-0.25, -0.2) is 0 Å². The number of carbonyl (C=O) groups excluding carboxylic acids is 1. The number of rotatable bonds is 6. The van der Waals surface area contributed by atoms with Crippen molar-refractivity contribution in [1.29, 1.82) is 0 Å². The minimum atomic E-state index is -0.116. The van der Waals surface area contributed by atoms with E-state index in [4.69, 9.17) is 9.84 Å². The van der Waals surface area contributed by atoms with Crippen LogP contribution in [0.1, 0.15) is 25.0 Å². The van der Waals surface area contributed by atoms with Crippen LogP contribution in [0, 0.1) is 0 Å². The Morgan fingerprint density at radius 3 is 2.68 bits per heavy atom. The van der Waals surface area contributed by atoms with E-state index in [9.17, 15) is 4.79 Å². The van der Waals surface area contributed by atoms with E-state index in [0.29, 0.717) is 5.69 Å². The molecule has 0 aliphatic rings. The quantitative estimate of drug-likeness (QED) is 0.861. The first-order valence-electron chi connectivity index (χ1n) is 7.32. The van der Waals surface area contributed by atoms with Crippen molar-refractivity contribution in [3.8, 4) is 5.75 Å². The van der Waals surface area contributed by atoms with Crippen LogP contribution >= 0.6 is 0 Å². The molecular weight excluding hydrogens is 278 g/mol. The maximum atomic E-state index is 12.2. The molecule has 4 nitrogen and oxygen atoms in total. The first kappa shape index (κ1) is 16.0. The van der Waals surface area contributed by atoms with Gasteiger partial charge in [0.05, 0.1) is 19.1 Å². The SMILES string of the molecule is CC(C)Oc1ccccc1CC(=O)Nc1cccc(CO)c1. The minimum absolute atomic E-state index is 0.0469. The molecule has 0 aromatic heterocycles. The second-order valence-corrected chi connectivity index (χ2v) is 5.36. The van der Waals surface area contributed by atoms with Crippen LogP contribution in [0.15, 0.2) is 48.5 Å². The van der Waals surface area contributed by atoms with E-state index < -0.39 is 0 Å². The standard InChI is InChI=1S/C18H21NO3/c1-13(2)22-17-9-4-3-7-15(17)11-18(21)19-16-8-5-6-14(10-16)12-20/h3-10,13,20H,11-12H2,1-2H3,(H,19,21). The second-order valence-electron chi connectivity index (χ2n) is 5.36. The third kappa shape index (κ3) is 4.60. The summed E-state index contributed by atoms with van der Waals surface area (Å²) in [5.41, 5.74) is 2.30. The molecule has 0 aliphatic heterocycles. The van der Waals surface area contributed by atoms with Gasteiger partial charge in [0.2, 0.25) is 5.91 Å². The predicted octanol–water partition coefficient (Wildman–Crippen LogP) is 3.15. The summed E-state index contributed by atoms with van der Waals surface area (Å²) in [7, 11) is 0. The number of aliphatic hydroxyl groups is 1. The summed E-state index contributed by atoms with van der Waals surface area (Å²) in [6, 6.07) is 14.7. The summed E-state index contributed by atoms with van der Waals surface area (Å²) in [6.07, 6.45) is 0.303. The van der Waals surface area contributed by atoms with E-state index in [0.717, 1.165) is 16.9 Å². The zero-order valence-electron chi connectivity index (χ0n) is 12.9. The molecule has 4 heteroatoms. The molecule has 0 bridgehead atoms. The van der Waals surface area contributed by atoms with Gasteiger partial charge in [0.1, 0.15) is 5.75 Å². The van der Waals surface area contributed by atoms with Crippen LogP contribution in [-0.2, 0) is 17.8 Å².